The molecule has 1 aliphatic rings. The van der Waals surface area contributed by atoms with E-state index in [0.717, 1.165) is 29.0 Å². The van der Waals surface area contributed by atoms with E-state index in [1.807, 2.05) is 11.0 Å². The number of alkyl halides is 3. The molecule has 3 aromatic rings. The summed E-state index contributed by atoms with van der Waals surface area (Å²) in [6.07, 6.45) is 1.43. The van der Waals surface area contributed by atoms with Crippen molar-refractivity contribution in [2.24, 2.45) is 0 Å². The summed E-state index contributed by atoms with van der Waals surface area (Å²) in [5.74, 6) is 1.40. The average molecular weight is 360 g/mol. The molecule has 1 fully saturated rings. The lowest BCUT2D eigenvalue weighted by Gasteiger charge is -2.36. The molecule has 0 bridgehead atoms. The van der Waals surface area contributed by atoms with Gasteiger partial charge in [0.25, 0.3) is 0 Å². The molecule has 0 aromatic carbocycles. The largest absolute Gasteiger partial charge is 0.417 e. The molecule has 4 heterocycles. The Hall–Kier alpha value is -2.97. The van der Waals surface area contributed by atoms with Crippen molar-refractivity contribution in [1.29, 1.82) is 0 Å². The summed E-state index contributed by atoms with van der Waals surface area (Å²) in [6, 6.07) is 4.37. The summed E-state index contributed by atoms with van der Waals surface area (Å²) < 4.78 is 38.0. The fraction of sp³-hybridized carbons (Fsp3) is 0.294. The van der Waals surface area contributed by atoms with Crippen molar-refractivity contribution in [1.82, 2.24) is 19.9 Å². The first-order valence-corrected chi connectivity index (χ1v) is 8.10. The van der Waals surface area contributed by atoms with Gasteiger partial charge in [-0.25, -0.2) is 15.0 Å². The van der Waals surface area contributed by atoms with Crippen molar-refractivity contribution in [3.8, 4) is 0 Å². The SMILES string of the molecule is FC(F)(F)c1ccc(N2CCN(c3ncnc4cnccc34)CC2)nc1. The van der Waals surface area contributed by atoms with Gasteiger partial charge in [-0.05, 0) is 18.2 Å². The Labute approximate surface area is 147 Å². The molecule has 4 rings (SSSR count). The summed E-state index contributed by atoms with van der Waals surface area (Å²) in [5, 5.41) is 0.934. The van der Waals surface area contributed by atoms with Gasteiger partial charge in [-0.3, -0.25) is 4.98 Å². The minimum atomic E-state index is -4.37. The number of hydrogen-bond donors (Lipinski definition) is 0. The second kappa shape index (κ2) is 6.40. The Balaban J connectivity index is 1.49. The van der Waals surface area contributed by atoms with Crippen molar-refractivity contribution >= 4 is 22.5 Å². The third-order valence-corrected chi connectivity index (χ3v) is 4.40. The van der Waals surface area contributed by atoms with E-state index in [1.54, 1.807) is 12.4 Å². The predicted octanol–water partition coefficient (Wildman–Crippen LogP) is 2.77. The quantitative estimate of drug-likeness (QED) is 0.700. The first kappa shape index (κ1) is 16.5. The van der Waals surface area contributed by atoms with Gasteiger partial charge in [-0.2, -0.15) is 13.2 Å². The average Bonchev–Trinajstić information content (AvgIpc) is 2.67. The van der Waals surface area contributed by atoms with Crippen LogP contribution in [0.25, 0.3) is 10.9 Å². The van der Waals surface area contributed by atoms with E-state index in [1.165, 1.54) is 12.4 Å². The van der Waals surface area contributed by atoms with Gasteiger partial charge < -0.3 is 9.80 Å². The van der Waals surface area contributed by atoms with Gasteiger partial charge in [-0.15, -0.1) is 0 Å². The van der Waals surface area contributed by atoms with Crippen LogP contribution in [0.15, 0.2) is 43.1 Å². The van der Waals surface area contributed by atoms with Gasteiger partial charge in [0.05, 0.1) is 17.3 Å². The van der Waals surface area contributed by atoms with Crippen molar-refractivity contribution < 1.29 is 13.2 Å². The number of aromatic nitrogens is 4. The van der Waals surface area contributed by atoms with Crippen molar-refractivity contribution in [3.05, 3.63) is 48.7 Å². The monoisotopic (exact) mass is 360 g/mol. The number of halogens is 3. The standard InChI is InChI=1S/C17H15F3N6/c18-17(19,20)12-1-2-15(22-9-12)25-5-7-26(8-6-25)16-13-3-4-21-10-14(13)23-11-24-16/h1-4,9-11H,5-8H2. The van der Waals surface area contributed by atoms with Gasteiger partial charge in [0, 0.05) is 44.0 Å². The zero-order chi connectivity index (χ0) is 18.1. The Bertz CT molecular complexity index is 899. The van der Waals surface area contributed by atoms with E-state index in [0.29, 0.717) is 32.0 Å². The fourth-order valence-corrected chi connectivity index (χ4v) is 3.03. The van der Waals surface area contributed by atoms with Gasteiger partial charge in [0.15, 0.2) is 0 Å². The number of pyridine rings is 2. The smallest absolute Gasteiger partial charge is 0.353 e. The molecule has 0 aliphatic carbocycles. The van der Waals surface area contributed by atoms with Crippen LogP contribution >= 0.6 is 0 Å². The third kappa shape index (κ3) is 3.12. The first-order chi connectivity index (χ1) is 12.5. The maximum Gasteiger partial charge on any atom is 0.417 e. The predicted molar refractivity (Wildman–Crippen MR) is 91.0 cm³/mol. The minimum absolute atomic E-state index is 0.550. The fourth-order valence-electron chi connectivity index (χ4n) is 3.03. The maximum absolute atomic E-state index is 12.7. The lowest BCUT2D eigenvalue weighted by atomic mass is 10.2. The molecular formula is C17H15F3N6. The summed E-state index contributed by atoms with van der Waals surface area (Å²) in [7, 11) is 0. The number of piperazine rings is 1. The lowest BCUT2D eigenvalue weighted by molar-refractivity contribution is -0.137. The van der Waals surface area contributed by atoms with Gasteiger partial charge in [0.1, 0.15) is 18.0 Å². The van der Waals surface area contributed by atoms with Crippen molar-refractivity contribution in [3.63, 3.8) is 0 Å². The van der Waals surface area contributed by atoms with Crippen molar-refractivity contribution in [2.45, 2.75) is 6.18 Å². The molecule has 1 saturated heterocycles. The van der Waals surface area contributed by atoms with E-state index in [2.05, 4.69) is 24.8 Å². The van der Waals surface area contributed by atoms with Gasteiger partial charge in [-0.1, -0.05) is 0 Å². The highest BCUT2D eigenvalue weighted by Gasteiger charge is 2.31. The van der Waals surface area contributed by atoms with E-state index in [9.17, 15) is 13.2 Å². The summed E-state index contributed by atoms with van der Waals surface area (Å²) in [5.41, 5.74) is 0.0466. The summed E-state index contributed by atoms with van der Waals surface area (Å²) >= 11 is 0. The molecule has 0 atom stereocenters. The van der Waals surface area contributed by atoms with Crippen LogP contribution in [0.2, 0.25) is 0 Å². The third-order valence-electron chi connectivity index (χ3n) is 4.40. The molecule has 1 aliphatic heterocycles. The van der Waals surface area contributed by atoms with Gasteiger partial charge in [0.2, 0.25) is 0 Å². The molecule has 0 amide bonds. The summed E-state index contributed by atoms with van der Waals surface area (Å²) in [6.45, 7) is 2.68. The van der Waals surface area contributed by atoms with Crippen LogP contribution in [0.3, 0.4) is 0 Å². The van der Waals surface area contributed by atoms with E-state index in [4.69, 9.17) is 0 Å². The molecule has 0 spiro atoms. The topological polar surface area (TPSA) is 58.0 Å². The molecule has 0 radical (unpaired) electrons. The van der Waals surface area contributed by atoms with Gasteiger partial charge >= 0.3 is 6.18 Å². The molecule has 0 unspecified atom stereocenters. The normalized spacial score (nSPS) is 15.5. The second-order valence-corrected chi connectivity index (χ2v) is 5.97. The van der Waals surface area contributed by atoms with Crippen LogP contribution in [0.5, 0.6) is 0 Å². The minimum Gasteiger partial charge on any atom is -0.353 e. The van der Waals surface area contributed by atoms with Crippen LogP contribution in [0, 0.1) is 0 Å². The molecule has 3 aromatic heterocycles. The molecule has 9 heteroatoms. The summed E-state index contributed by atoms with van der Waals surface area (Å²) in [4.78, 5) is 20.8. The number of anilines is 2. The zero-order valence-electron chi connectivity index (χ0n) is 13.7. The Morgan fingerprint density at radius 2 is 1.62 bits per heavy atom. The van der Waals surface area contributed by atoms with E-state index >= 15 is 0 Å². The zero-order valence-corrected chi connectivity index (χ0v) is 13.7. The lowest BCUT2D eigenvalue weighted by Crippen LogP contribution is -2.47. The van der Waals surface area contributed by atoms with Crippen LogP contribution in [-0.4, -0.2) is 46.1 Å². The Morgan fingerprint density at radius 3 is 2.31 bits per heavy atom. The molecule has 134 valence electrons. The molecule has 0 saturated carbocycles. The number of fused-ring (bicyclic) bond motifs is 1. The Kier molecular flexibility index (Phi) is 4.06. The molecule has 0 N–H and O–H groups in total. The van der Waals surface area contributed by atoms with E-state index < -0.39 is 11.7 Å². The Morgan fingerprint density at radius 1 is 0.846 bits per heavy atom. The number of nitrogens with zero attached hydrogens (tertiary/aromatic N) is 6. The first-order valence-electron chi connectivity index (χ1n) is 8.10. The highest BCUT2D eigenvalue weighted by atomic mass is 19.4. The molecular weight excluding hydrogens is 345 g/mol. The van der Waals surface area contributed by atoms with Crippen molar-refractivity contribution in [2.75, 3.05) is 36.0 Å². The molecule has 26 heavy (non-hydrogen) atoms. The maximum atomic E-state index is 12.7. The number of hydrogen-bond acceptors (Lipinski definition) is 6. The molecule has 6 nitrogen and oxygen atoms in total. The van der Waals surface area contributed by atoms with Crippen LogP contribution in [0.1, 0.15) is 5.56 Å². The van der Waals surface area contributed by atoms with Crippen LogP contribution < -0.4 is 9.80 Å². The van der Waals surface area contributed by atoms with E-state index in [-0.39, 0.29) is 0 Å². The number of rotatable bonds is 2. The van der Waals surface area contributed by atoms with Crippen LogP contribution in [0.4, 0.5) is 24.8 Å². The highest BCUT2D eigenvalue weighted by molar-refractivity contribution is 5.88. The highest BCUT2D eigenvalue weighted by Crippen LogP contribution is 2.30. The second-order valence-electron chi connectivity index (χ2n) is 5.97. The van der Waals surface area contributed by atoms with Crippen LogP contribution in [-0.2, 0) is 6.18 Å².